The fourth-order valence-electron chi connectivity index (χ4n) is 1.97. The summed E-state index contributed by atoms with van der Waals surface area (Å²) in [5.74, 6) is 0.239. The second-order valence-corrected chi connectivity index (χ2v) is 7.02. The molecular formula is C12H11N3O4S2. The van der Waals surface area contributed by atoms with Crippen LogP contribution in [0.15, 0.2) is 40.1 Å². The van der Waals surface area contributed by atoms with Crippen LogP contribution in [0.3, 0.4) is 0 Å². The van der Waals surface area contributed by atoms with E-state index in [1.54, 1.807) is 12.1 Å². The molecule has 3 aromatic rings. The first-order valence-electron chi connectivity index (χ1n) is 5.98. The van der Waals surface area contributed by atoms with E-state index in [-0.39, 0.29) is 23.9 Å². The number of fused-ring (bicyclic) bond motifs is 1. The first-order chi connectivity index (χ1) is 10.1. The molecule has 0 aliphatic heterocycles. The molecule has 0 saturated heterocycles. The molecule has 0 aliphatic carbocycles. The lowest BCUT2D eigenvalue weighted by atomic mass is 10.2. The van der Waals surface area contributed by atoms with Crippen molar-refractivity contribution in [3.63, 3.8) is 0 Å². The highest BCUT2D eigenvalue weighted by atomic mass is 32.2. The Hall–Kier alpha value is -1.81. The third kappa shape index (κ3) is 2.68. The van der Waals surface area contributed by atoms with E-state index in [1.165, 1.54) is 11.3 Å². The lowest BCUT2D eigenvalue weighted by molar-refractivity contribution is 0.283. The number of benzene rings is 1. The predicted octanol–water partition coefficient (Wildman–Crippen LogP) is 1.26. The van der Waals surface area contributed by atoms with Gasteiger partial charge in [-0.15, -0.1) is 11.3 Å². The number of nitrogens with zero attached hydrogens (tertiary/aromatic N) is 2. The van der Waals surface area contributed by atoms with Crippen LogP contribution in [0.5, 0.6) is 0 Å². The van der Waals surface area contributed by atoms with Gasteiger partial charge < -0.3 is 9.63 Å². The third-order valence-corrected chi connectivity index (χ3v) is 5.67. The predicted molar refractivity (Wildman–Crippen MR) is 76.1 cm³/mol. The highest BCUT2D eigenvalue weighted by Gasteiger charge is 2.24. The smallest absolute Gasteiger partial charge is 0.242 e. The highest BCUT2D eigenvalue weighted by molar-refractivity contribution is 7.90. The van der Waals surface area contributed by atoms with Gasteiger partial charge in [-0.1, -0.05) is 23.4 Å². The summed E-state index contributed by atoms with van der Waals surface area (Å²) in [6, 6.07) is 7.11. The van der Waals surface area contributed by atoms with Gasteiger partial charge in [-0.05, 0) is 6.07 Å². The van der Waals surface area contributed by atoms with Crippen LogP contribution in [0.4, 0.5) is 0 Å². The fourth-order valence-corrected chi connectivity index (χ4v) is 4.75. The Morgan fingerprint density at radius 3 is 2.86 bits per heavy atom. The quantitative estimate of drug-likeness (QED) is 0.731. The molecule has 2 N–H and O–H groups in total. The van der Waals surface area contributed by atoms with Crippen molar-refractivity contribution in [1.29, 1.82) is 0 Å². The zero-order valence-electron chi connectivity index (χ0n) is 10.7. The number of rotatable bonds is 5. The minimum absolute atomic E-state index is 0.0755. The van der Waals surface area contributed by atoms with Gasteiger partial charge in [0.2, 0.25) is 16.4 Å². The number of nitrogens with one attached hydrogen (secondary N) is 1. The van der Waals surface area contributed by atoms with E-state index in [9.17, 15) is 13.5 Å². The molecule has 0 aliphatic rings. The molecule has 0 spiro atoms. The zero-order valence-corrected chi connectivity index (χ0v) is 12.3. The SMILES string of the molecule is O=S(=O)(NCc1ncon1)c1c(CO)sc2ccccc12. The molecule has 0 atom stereocenters. The Morgan fingerprint density at radius 1 is 1.33 bits per heavy atom. The van der Waals surface area contributed by atoms with Crippen LogP contribution in [-0.4, -0.2) is 23.7 Å². The first kappa shape index (κ1) is 14.1. The number of hydrogen-bond donors (Lipinski definition) is 2. The van der Waals surface area contributed by atoms with E-state index in [4.69, 9.17) is 0 Å². The zero-order chi connectivity index (χ0) is 14.9. The molecule has 21 heavy (non-hydrogen) atoms. The van der Waals surface area contributed by atoms with E-state index in [1.807, 2.05) is 12.1 Å². The van der Waals surface area contributed by atoms with Crippen LogP contribution >= 0.6 is 11.3 Å². The molecule has 2 aromatic heterocycles. The van der Waals surface area contributed by atoms with Crippen molar-refractivity contribution in [3.05, 3.63) is 41.4 Å². The van der Waals surface area contributed by atoms with Gasteiger partial charge in [0.15, 0.2) is 5.82 Å². The van der Waals surface area contributed by atoms with E-state index in [2.05, 4.69) is 19.4 Å². The molecule has 0 saturated carbocycles. The van der Waals surface area contributed by atoms with Crippen LogP contribution in [0, 0.1) is 0 Å². The van der Waals surface area contributed by atoms with Gasteiger partial charge in [0, 0.05) is 10.1 Å². The Bertz CT molecular complexity index is 856. The molecule has 110 valence electrons. The summed E-state index contributed by atoms with van der Waals surface area (Å²) in [6.07, 6.45) is 1.13. The van der Waals surface area contributed by atoms with Gasteiger partial charge in [0.25, 0.3) is 0 Å². The van der Waals surface area contributed by atoms with E-state index in [0.29, 0.717) is 10.3 Å². The second-order valence-electron chi connectivity index (χ2n) is 4.18. The van der Waals surface area contributed by atoms with Crippen molar-refractivity contribution in [3.8, 4) is 0 Å². The van der Waals surface area contributed by atoms with Gasteiger partial charge in [0.1, 0.15) is 4.90 Å². The molecule has 9 heteroatoms. The van der Waals surface area contributed by atoms with Gasteiger partial charge in [-0.2, -0.15) is 4.98 Å². The van der Waals surface area contributed by atoms with Crippen molar-refractivity contribution in [2.24, 2.45) is 0 Å². The minimum Gasteiger partial charge on any atom is -0.391 e. The summed E-state index contributed by atoms with van der Waals surface area (Å²) in [5, 5.41) is 13.5. The van der Waals surface area contributed by atoms with Crippen LogP contribution in [0.25, 0.3) is 10.1 Å². The average molecular weight is 325 g/mol. The van der Waals surface area contributed by atoms with E-state index >= 15 is 0 Å². The van der Waals surface area contributed by atoms with E-state index < -0.39 is 10.0 Å². The molecule has 0 radical (unpaired) electrons. The normalized spacial score (nSPS) is 12.0. The monoisotopic (exact) mass is 325 g/mol. The van der Waals surface area contributed by atoms with Crippen LogP contribution in [-0.2, 0) is 23.2 Å². The minimum atomic E-state index is -3.78. The summed E-state index contributed by atoms with van der Waals surface area (Å²) in [6.45, 7) is -0.411. The van der Waals surface area contributed by atoms with Crippen LogP contribution in [0.2, 0.25) is 0 Å². The molecule has 0 fully saturated rings. The number of thiophene rings is 1. The molecular weight excluding hydrogens is 314 g/mol. The number of aliphatic hydroxyl groups excluding tert-OH is 1. The second kappa shape index (κ2) is 5.53. The van der Waals surface area contributed by atoms with Gasteiger partial charge in [0.05, 0.1) is 18.0 Å². The number of aromatic nitrogens is 2. The molecule has 0 amide bonds. The molecule has 2 heterocycles. The molecule has 0 bridgehead atoms. The Labute approximate surface area is 124 Å². The Morgan fingerprint density at radius 2 is 2.14 bits per heavy atom. The molecule has 0 unspecified atom stereocenters. The van der Waals surface area contributed by atoms with Crippen molar-refractivity contribution in [2.75, 3.05) is 0 Å². The van der Waals surface area contributed by atoms with Crippen molar-refractivity contribution in [1.82, 2.24) is 14.9 Å². The Kier molecular flexibility index (Phi) is 3.72. The van der Waals surface area contributed by atoms with Gasteiger partial charge in [-0.3, -0.25) is 0 Å². The number of aliphatic hydroxyl groups is 1. The van der Waals surface area contributed by atoms with Crippen LogP contribution in [0.1, 0.15) is 10.7 Å². The standard InChI is InChI=1S/C12H11N3O4S2/c16-6-10-12(8-3-1-2-4-9(8)20-10)21(17,18)14-5-11-13-7-19-15-11/h1-4,7,14,16H,5-6H2. The van der Waals surface area contributed by atoms with Gasteiger partial charge in [-0.25, -0.2) is 13.1 Å². The lowest BCUT2D eigenvalue weighted by Gasteiger charge is -2.05. The number of sulfonamides is 1. The third-order valence-electron chi connectivity index (χ3n) is 2.86. The summed E-state index contributed by atoms with van der Waals surface area (Å²) in [7, 11) is -3.78. The summed E-state index contributed by atoms with van der Waals surface area (Å²) >= 11 is 1.26. The fraction of sp³-hybridized carbons (Fsp3) is 0.167. The maximum absolute atomic E-state index is 12.5. The maximum Gasteiger partial charge on any atom is 0.242 e. The molecule has 7 nitrogen and oxygen atoms in total. The maximum atomic E-state index is 12.5. The Balaban J connectivity index is 2.01. The van der Waals surface area contributed by atoms with Crippen molar-refractivity contribution < 1.29 is 18.0 Å². The average Bonchev–Trinajstić information content (AvgIpc) is 3.12. The lowest BCUT2D eigenvalue weighted by Crippen LogP contribution is -2.24. The summed E-state index contributed by atoms with van der Waals surface area (Å²) < 4.78 is 32.7. The summed E-state index contributed by atoms with van der Waals surface area (Å²) in [4.78, 5) is 4.26. The molecule has 3 rings (SSSR count). The van der Waals surface area contributed by atoms with Crippen molar-refractivity contribution in [2.45, 2.75) is 18.0 Å². The number of hydrogen-bond acceptors (Lipinski definition) is 7. The topological polar surface area (TPSA) is 105 Å². The van der Waals surface area contributed by atoms with Crippen LogP contribution < -0.4 is 4.72 Å². The largest absolute Gasteiger partial charge is 0.391 e. The van der Waals surface area contributed by atoms with E-state index in [0.717, 1.165) is 11.1 Å². The van der Waals surface area contributed by atoms with Gasteiger partial charge >= 0.3 is 0 Å². The van der Waals surface area contributed by atoms with Crippen molar-refractivity contribution >= 4 is 31.4 Å². The first-order valence-corrected chi connectivity index (χ1v) is 8.28. The highest BCUT2D eigenvalue weighted by Crippen LogP contribution is 2.34. The summed E-state index contributed by atoms with van der Waals surface area (Å²) in [5.41, 5.74) is 0. The molecule has 1 aromatic carbocycles.